The number of pyridine rings is 1. The first-order valence-electron chi connectivity index (χ1n) is 6.98. The Labute approximate surface area is 131 Å². The topological polar surface area (TPSA) is 83.4 Å². The molecule has 22 heavy (non-hydrogen) atoms. The molecule has 114 valence electrons. The van der Waals surface area contributed by atoms with E-state index in [9.17, 15) is 9.59 Å². The van der Waals surface area contributed by atoms with E-state index < -0.39 is 5.97 Å². The zero-order chi connectivity index (χ0) is 15.7. The summed E-state index contributed by atoms with van der Waals surface area (Å²) in [5.74, 6) is -1.30. The molecule has 1 amide bonds. The summed E-state index contributed by atoms with van der Waals surface area (Å²) >= 11 is 1.55. The molecule has 3 heterocycles. The summed E-state index contributed by atoms with van der Waals surface area (Å²) in [5.41, 5.74) is 1.18. The standard InChI is InChI=1S/C15H15N3O3S/c1-9-8-22-13(17-9)12-3-2-6-18(12)14(19)11-7-10(15(20)21)4-5-16-11/h4-5,7-8,12H,2-3,6H2,1H3,(H,20,21). The quantitative estimate of drug-likeness (QED) is 0.940. The highest BCUT2D eigenvalue weighted by Gasteiger charge is 2.33. The maximum absolute atomic E-state index is 12.7. The SMILES string of the molecule is Cc1csc(C2CCCN2C(=O)c2cc(C(=O)O)ccn2)n1. The Kier molecular flexibility index (Phi) is 3.89. The third kappa shape index (κ3) is 2.71. The van der Waals surface area contributed by atoms with Crippen LogP contribution in [0.2, 0.25) is 0 Å². The molecule has 1 atom stereocenters. The predicted octanol–water partition coefficient (Wildman–Crippen LogP) is 2.52. The molecule has 2 aromatic rings. The molecule has 7 heteroatoms. The molecular formula is C15H15N3O3S. The number of aryl methyl sites for hydroxylation is 1. The van der Waals surface area contributed by atoms with Crippen molar-refractivity contribution in [2.24, 2.45) is 0 Å². The van der Waals surface area contributed by atoms with Crippen molar-refractivity contribution in [2.75, 3.05) is 6.54 Å². The average molecular weight is 317 g/mol. The molecule has 2 aromatic heterocycles. The van der Waals surface area contributed by atoms with Crippen LogP contribution in [0.4, 0.5) is 0 Å². The van der Waals surface area contributed by atoms with Crippen LogP contribution in [0.15, 0.2) is 23.7 Å². The number of nitrogens with zero attached hydrogens (tertiary/aromatic N) is 3. The van der Waals surface area contributed by atoms with E-state index in [4.69, 9.17) is 5.11 Å². The Balaban J connectivity index is 1.87. The first-order chi connectivity index (χ1) is 10.6. The molecule has 6 nitrogen and oxygen atoms in total. The van der Waals surface area contributed by atoms with Crippen LogP contribution in [0.5, 0.6) is 0 Å². The fraction of sp³-hybridized carbons (Fsp3) is 0.333. The highest BCUT2D eigenvalue weighted by molar-refractivity contribution is 7.09. The third-order valence-corrected chi connectivity index (χ3v) is 4.73. The minimum Gasteiger partial charge on any atom is -0.478 e. The van der Waals surface area contributed by atoms with Crippen LogP contribution < -0.4 is 0 Å². The average Bonchev–Trinajstić information content (AvgIpc) is 3.15. The Morgan fingerprint density at radius 3 is 2.95 bits per heavy atom. The van der Waals surface area contributed by atoms with Crippen LogP contribution >= 0.6 is 11.3 Å². The van der Waals surface area contributed by atoms with Gasteiger partial charge in [-0.25, -0.2) is 9.78 Å². The number of carbonyl (C=O) groups is 2. The molecule has 1 fully saturated rings. The van der Waals surface area contributed by atoms with Gasteiger partial charge < -0.3 is 10.0 Å². The normalized spacial score (nSPS) is 17.7. The highest BCUT2D eigenvalue weighted by atomic mass is 32.1. The Bertz CT molecular complexity index is 728. The Morgan fingerprint density at radius 1 is 1.45 bits per heavy atom. The van der Waals surface area contributed by atoms with Gasteiger partial charge in [0.1, 0.15) is 10.7 Å². The zero-order valence-corrected chi connectivity index (χ0v) is 12.8. The highest BCUT2D eigenvalue weighted by Crippen LogP contribution is 2.34. The number of hydrogen-bond acceptors (Lipinski definition) is 5. The van der Waals surface area contributed by atoms with E-state index in [-0.39, 0.29) is 23.2 Å². The monoisotopic (exact) mass is 317 g/mol. The number of aromatic nitrogens is 2. The number of thiazole rings is 1. The van der Waals surface area contributed by atoms with Gasteiger partial charge in [0.2, 0.25) is 0 Å². The molecule has 3 rings (SSSR count). The second-order valence-corrected chi connectivity index (χ2v) is 6.11. The van der Waals surface area contributed by atoms with Crippen LogP contribution in [0.25, 0.3) is 0 Å². The first kappa shape index (κ1) is 14.6. The van der Waals surface area contributed by atoms with Gasteiger partial charge in [-0.2, -0.15) is 0 Å². The van der Waals surface area contributed by atoms with E-state index >= 15 is 0 Å². The number of amides is 1. The van der Waals surface area contributed by atoms with Crippen LogP contribution in [-0.2, 0) is 0 Å². The largest absolute Gasteiger partial charge is 0.478 e. The molecule has 1 aliphatic heterocycles. The van der Waals surface area contributed by atoms with Crippen LogP contribution in [0, 0.1) is 6.92 Å². The summed E-state index contributed by atoms with van der Waals surface area (Å²) in [5, 5.41) is 11.9. The van der Waals surface area contributed by atoms with Crippen LogP contribution in [0.1, 0.15) is 50.4 Å². The number of rotatable bonds is 3. The number of aromatic carboxylic acids is 1. The molecule has 1 aliphatic rings. The van der Waals surface area contributed by atoms with Crippen molar-refractivity contribution in [3.63, 3.8) is 0 Å². The number of likely N-dealkylation sites (tertiary alicyclic amines) is 1. The first-order valence-corrected chi connectivity index (χ1v) is 7.86. The molecule has 0 spiro atoms. The van der Waals surface area contributed by atoms with E-state index in [1.165, 1.54) is 18.3 Å². The lowest BCUT2D eigenvalue weighted by molar-refractivity contribution is 0.0696. The maximum atomic E-state index is 12.7. The fourth-order valence-electron chi connectivity index (χ4n) is 2.62. The van der Waals surface area contributed by atoms with E-state index in [1.807, 2.05) is 12.3 Å². The second-order valence-electron chi connectivity index (χ2n) is 5.22. The van der Waals surface area contributed by atoms with Gasteiger partial charge in [0, 0.05) is 23.8 Å². The van der Waals surface area contributed by atoms with Gasteiger partial charge in [0.05, 0.1) is 11.6 Å². The van der Waals surface area contributed by atoms with Crippen molar-refractivity contribution >= 4 is 23.2 Å². The second kappa shape index (κ2) is 5.84. The summed E-state index contributed by atoms with van der Waals surface area (Å²) in [6.45, 7) is 2.57. The third-order valence-electron chi connectivity index (χ3n) is 3.66. The Hall–Kier alpha value is -2.28. The molecule has 0 radical (unpaired) electrons. The van der Waals surface area contributed by atoms with Crippen molar-refractivity contribution in [1.82, 2.24) is 14.9 Å². The summed E-state index contributed by atoms with van der Waals surface area (Å²) in [6, 6.07) is 2.67. The molecule has 0 bridgehead atoms. The molecule has 1 N–H and O–H groups in total. The van der Waals surface area contributed by atoms with Gasteiger partial charge in [0.25, 0.3) is 5.91 Å². The number of carbonyl (C=O) groups excluding carboxylic acids is 1. The lowest BCUT2D eigenvalue weighted by Crippen LogP contribution is -2.31. The molecular weight excluding hydrogens is 302 g/mol. The van der Waals surface area contributed by atoms with Crippen LogP contribution in [0.3, 0.4) is 0 Å². The molecule has 1 saturated heterocycles. The van der Waals surface area contributed by atoms with E-state index in [0.29, 0.717) is 6.54 Å². The molecule has 0 aromatic carbocycles. The number of hydrogen-bond donors (Lipinski definition) is 1. The minimum absolute atomic E-state index is 0.0403. The van der Waals surface area contributed by atoms with Crippen molar-refractivity contribution < 1.29 is 14.7 Å². The van der Waals surface area contributed by atoms with Gasteiger partial charge in [-0.3, -0.25) is 9.78 Å². The number of carboxylic acid groups (broad SMARTS) is 1. The molecule has 0 saturated carbocycles. The van der Waals surface area contributed by atoms with Crippen molar-refractivity contribution in [2.45, 2.75) is 25.8 Å². The summed E-state index contributed by atoms with van der Waals surface area (Å²) in [4.78, 5) is 33.9. The summed E-state index contributed by atoms with van der Waals surface area (Å²) in [6.07, 6.45) is 3.14. The summed E-state index contributed by atoms with van der Waals surface area (Å²) in [7, 11) is 0. The van der Waals surface area contributed by atoms with Crippen LogP contribution in [-0.4, -0.2) is 38.4 Å². The maximum Gasteiger partial charge on any atom is 0.335 e. The van der Waals surface area contributed by atoms with Gasteiger partial charge in [-0.15, -0.1) is 11.3 Å². The van der Waals surface area contributed by atoms with E-state index in [0.717, 1.165) is 23.5 Å². The van der Waals surface area contributed by atoms with Crippen molar-refractivity contribution in [3.05, 3.63) is 45.7 Å². The van der Waals surface area contributed by atoms with Gasteiger partial charge in [0.15, 0.2) is 0 Å². The predicted molar refractivity (Wildman–Crippen MR) is 81.1 cm³/mol. The van der Waals surface area contributed by atoms with Gasteiger partial charge in [-0.05, 0) is 31.9 Å². The smallest absolute Gasteiger partial charge is 0.335 e. The molecule has 1 unspecified atom stereocenters. The minimum atomic E-state index is -1.06. The van der Waals surface area contributed by atoms with E-state index in [2.05, 4.69) is 9.97 Å². The van der Waals surface area contributed by atoms with E-state index in [1.54, 1.807) is 16.2 Å². The fourth-order valence-corrected chi connectivity index (χ4v) is 3.56. The molecule has 0 aliphatic carbocycles. The van der Waals surface area contributed by atoms with Crippen molar-refractivity contribution in [3.8, 4) is 0 Å². The van der Waals surface area contributed by atoms with Gasteiger partial charge >= 0.3 is 5.97 Å². The summed E-state index contributed by atoms with van der Waals surface area (Å²) < 4.78 is 0. The lowest BCUT2D eigenvalue weighted by atomic mass is 10.2. The lowest BCUT2D eigenvalue weighted by Gasteiger charge is -2.22. The van der Waals surface area contributed by atoms with Gasteiger partial charge in [-0.1, -0.05) is 0 Å². The Morgan fingerprint density at radius 2 is 2.27 bits per heavy atom. The zero-order valence-electron chi connectivity index (χ0n) is 12.0. The van der Waals surface area contributed by atoms with Crippen molar-refractivity contribution in [1.29, 1.82) is 0 Å². The number of carboxylic acids is 1.